The first kappa shape index (κ1) is 17.9. The number of amides is 1. The number of rotatable bonds is 6. The number of nitro benzene ring substituents is 1. The van der Waals surface area contributed by atoms with Gasteiger partial charge in [-0.25, -0.2) is 4.79 Å². The molecule has 2 aromatic carbocycles. The molecule has 0 saturated carbocycles. The largest absolute Gasteiger partial charge is 0.459 e. The van der Waals surface area contributed by atoms with E-state index in [4.69, 9.17) is 9.15 Å². The van der Waals surface area contributed by atoms with Crippen molar-refractivity contribution >= 4 is 23.3 Å². The lowest BCUT2D eigenvalue weighted by atomic mass is 10.2. The highest BCUT2D eigenvalue weighted by molar-refractivity contribution is 6.02. The van der Waals surface area contributed by atoms with E-state index in [0.29, 0.717) is 16.8 Å². The van der Waals surface area contributed by atoms with Crippen LogP contribution in [0.15, 0.2) is 71.3 Å². The van der Waals surface area contributed by atoms with Crippen LogP contribution in [0.1, 0.15) is 26.5 Å². The first-order valence-electron chi connectivity index (χ1n) is 7.88. The molecular weight excluding hydrogens is 352 g/mol. The van der Waals surface area contributed by atoms with Crippen LogP contribution in [-0.2, 0) is 11.3 Å². The zero-order chi connectivity index (χ0) is 19.2. The monoisotopic (exact) mass is 366 g/mol. The summed E-state index contributed by atoms with van der Waals surface area (Å²) in [6.45, 7) is -0.00614. The predicted molar refractivity (Wildman–Crippen MR) is 95.3 cm³/mol. The third kappa shape index (κ3) is 4.57. The summed E-state index contributed by atoms with van der Waals surface area (Å²) in [7, 11) is 0. The number of esters is 1. The van der Waals surface area contributed by atoms with E-state index in [2.05, 4.69) is 5.32 Å². The van der Waals surface area contributed by atoms with Gasteiger partial charge in [0.1, 0.15) is 6.61 Å². The molecule has 8 heteroatoms. The van der Waals surface area contributed by atoms with Crippen LogP contribution in [0.2, 0.25) is 0 Å². The molecule has 3 aromatic rings. The summed E-state index contributed by atoms with van der Waals surface area (Å²) in [4.78, 5) is 34.1. The van der Waals surface area contributed by atoms with Crippen LogP contribution in [0.4, 0.5) is 11.4 Å². The van der Waals surface area contributed by atoms with Crippen molar-refractivity contribution in [1.29, 1.82) is 0 Å². The Labute approximate surface area is 153 Å². The molecular formula is C19H14N2O6. The molecule has 1 aromatic heterocycles. The molecule has 1 heterocycles. The minimum Gasteiger partial charge on any atom is -0.459 e. The highest BCUT2D eigenvalue weighted by Gasteiger charge is 2.11. The summed E-state index contributed by atoms with van der Waals surface area (Å²) in [6.07, 6.45) is 1.40. The molecule has 0 atom stereocenters. The molecule has 0 aliphatic carbocycles. The zero-order valence-corrected chi connectivity index (χ0v) is 14.0. The first-order valence-corrected chi connectivity index (χ1v) is 7.88. The van der Waals surface area contributed by atoms with Gasteiger partial charge in [0, 0.05) is 17.8 Å². The highest BCUT2D eigenvalue weighted by Crippen LogP contribution is 2.15. The second-order valence-corrected chi connectivity index (χ2v) is 5.51. The maximum absolute atomic E-state index is 12.1. The Balaban J connectivity index is 1.55. The van der Waals surface area contributed by atoms with Gasteiger partial charge in [0.25, 0.3) is 11.6 Å². The Kier molecular flexibility index (Phi) is 5.27. The lowest BCUT2D eigenvalue weighted by molar-refractivity contribution is -0.384. The number of carbonyl (C=O) groups excluding carboxylic acids is 2. The van der Waals surface area contributed by atoms with Crippen LogP contribution in [-0.4, -0.2) is 16.8 Å². The quantitative estimate of drug-likeness (QED) is 0.403. The van der Waals surface area contributed by atoms with Crippen LogP contribution in [0.5, 0.6) is 0 Å². The van der Waals surface area contributed by atoms with Crippen molar-refractivity contribution in [3.63, 3.8) is 0 Å². The fourth-order valence-corrected chi connectivity index (χ4v) is 2.24. The van der Waals surface area contributed by atoms with Crippen molar-refractivity contribution in [3.8, 4) is 0 Å². The van der Waals surface area contributed by atoms with Gasteiger partial charge in [-0.2, -0.15) is 0 Å². The van der Waals surface area contributed by atoms with Crippen LogP contribution < -0.4 is 5.32 Å². The molecule has 0 aliphatic heterocycles. The number of non-ortho nitro benzene ring substituents is 1. The maximum Gasteiger partial charge on any atom is 0.338 e. The van der Waals surface area contributed by atoms with E-state index in [9.17, 15) is 19.7 Å². The van der Waals surface area contributed by atoms with Crippen LogP contribution in [0, 0.1) is 10.1 Å². The van der Waals surface area contributed by atoms with Crippen molar-refractivity contribution < 1.29 is 23.7 Å². The lowest BCUT2D eigenvalue weighted by Crippen LogP contribution is -2.11. The van der Waals surface area contributed by atoms with E-state index < -0.39 is 16.8 Å². The first-order chi connectivity index (χ1) is 13.0. The van der Waals surface area contributed by atoms with Gasteiger partial charge in [0.2, 0.25) is 0 Å². The van der Waals surface area contributed by atoms with Gasteiger partial charge < -0.3 is 14.5 Å². The van der Waals surface area contributed by atoms with Crippen molar-refractivity contribution in [2.45, 2.75) is 6.61 Å². The van der Waals surface area contributed by atoms with E-state index in [1.54, 1.807) is 24.3 Å². The predicted octanol–water partition coefficient (Wildman–Crippen LogP) is 3.80. The Morgan fingerprint density at radius 2 is 1.74 bits per heavy atom. The zero-order valence-electron chi connectivity index (χ0n) is 14.0. The fourth-order valence-electron chi connectivity index (χ4n) is 2.24. The van der Waals surface area contributed by atoms with Gasteiger partial charge in [0.15, 0.2) is 5.76 Å². The molecule has 0 aliphatic rings. The van der Waals surface area contributed by atoms with E-state index in [1.807, 2.05) is 0 Å². The van der Waals surface area contributed by atoms with E-state index in [0.717, 1.165) is 0 Å². The third-order valence-corrected chi connectivity index (χ3v) is 3.64. The number of nitro groups is 1. The second kappa shape index (κ2) is 7.96. The van der Waals surface area contributed by atoms with Crippen molar-refractivity contribution in [2.24, 2.45) is 0 Å². The van der Waals surface area contributed by atoms with Gasteiger partial charge in [-0.05, 0) is 54.1 Å². The maximum atomic E-state index is 12.1. The van der Waals surface area contributed by atoms with Gasteiger partial charge in [-0.1, -0.05) is 0 Å². The number of benzene rings is 2. The van der Waals surface area contributed by atoms with Crippen molar-refractivity contribution in [1.82, 2.24) is 0 Å². The smallest absolute Gasteiger partial charge is 0.338 e. The molecule has 8 nitrogen and oxygen atoms in total. The fraction of sp³-hybridized carbons (Fsp3) is 0.0526. The Morgan fingerprint density at radius 1 is 1.04 bits per heavy atom. The average Bonchev–Trinajstić information content (AvgIpc) is 3.22. The molecule has 1 amide bonds. The van der Waals surface area contributed by atoms with E-state index in [1.165, 1.54) is 42.7 Å². The van der Waals surface area contributed by atoms with Crippen molar-refractivity contribution in [3.05, 3.63) is 93.9 Å². The number of nitrogens with zero attached hydrogens (tertiary/aromatic N) is 1. The summed E-state index contributed by atoms with van der Waals surface area (Å²) in [5, 5.41) is 13.3. The number of nitrogens with one attached hydrogen (secondary N) is 1. The molecule has 1 N–H and O–H groups in total. The van der Waals surface area contributed by atoms with Gasteiger partial charge >= 0.3 is 5.97 Å². The van der Waals surface area contributed by atoms with Crippen molar-refractivity contribution in [2.75, 3.05) is 5.32 Å². The molecule has 0 bridgehead atoms. The highest BCUT2D eigenvalue weighted by atomic mass is 16.6. The van der Waals surface area contributed by atoms with E-state index in [-0.39, 0.29) is 18.1 Å². The van der Waals surface area contributed by atoms with Gasteiger partial charge in [-0.3, -0.25) is 14.9 Å². The summed E-state index contributed by atoms with van der Waals surface area (Å²) in [5.74, 6) is -0.757. The number of hydrogen-bond donors (Lipinski definition) is 1. The molecule has 0 unspecified atom stereocenters. The number of furan rings is 1. The third-order valence-electron chi connectivity index (χ3n) is 3.64. The summed E-state index contributed by atoms with van der Waals surface area (Å²) < 4.78 is 10.2. The molecule has 0 saturated heterocycles. The molecule has 0 radical (unpaired) electrons. The van der Waals surface area contributed by atoms with Crippen LogP contribution in [0.25, 0.3) is 0 Å². The number of ether oxygens (including phenoxy) is 1. The summed E-state index contributed by atoms with van der Waals surface area (Å²) in [5.41, 5.74) is 1.42. The SMILES string of the molecule is O=C(OCc1ccc([N+](=O)[O-])cc1)c1ccc(NC(=O)c2ccco2)cc1. The minimum absolute atomic E-state index is 0.00614. The summed E-state index contributed by atoms with van der Waals surface area (Å²) in [6, 6.07) is 15.1. The lowest BCUT2D eigenvalue weighted by Gasteiger charge is -2.07. The number of anilines is 1. The number of carbonyl (C=O) groups is 2. The Bertz CT molecular complexity index is 947. The molecule has 27 heavy (non-hydrogen) atoms. The Morgan fingerprint density at radius 3 is 2.33 bits per heavy atom. The van der Waals surface area contributed by atoms with Crippen LogP contribution in [0.3, 0.4) is 0 Å². The molecule has 136 valence electrons. The molecule has 3 rings (SSSR count). The standard InChI is InChI=1S/C19H14N2O6/c22-18(17-2-1-11-26-17)20-15-7-5-14(6-8-15)19(23)27-12-13-3-9-16(10-4-13)21(24)25/h1-11H,12H2,(H,20,22). The molecule has 0 spiro atoms. The normalized spacial score (nSPS) is 10.2. The van der Waals surface area contributed by atoms with E-state index >= 15 is 0 Å². The minimum atomic E-state index is -0.544. The second-order valence-electron chi connectivity index (χ2n) is 5.51. The topological polar surface area (TPSA) is 112 Å². The average molecular weight is 366 g/mol. The van der Waals surface area contributed by atoms with Gasteiger partial charge in [0.05, 0.1) is 16.7 Å². The number of hydrogen-bond acceptors (Lipinski definition) is 6. The van der Waals surface area contributed by atoms with Gasteiger partial charge in [-0.15, -0.1) is 0 Å². The molecule has 0 fully saturated rings. The van der Waals surface area contributed by atoms with Crippen LogP contribution >= 0.6 is 0 Å². The Hall–Kier alpha value is -3.94. The summed E-state index contributed by atoms with van der Waals surface area (Å²) >= 11 is 0.